The van der Waals surface area contributed by atoms with Crippen LogP contribution in [-0.2, 0) is 23.1 Å². The number of ether oxygens (including phenoxy) is 1. The van der Waals surface area contributed by atoms with E-state index in [4.69, 9.17) is 0 Å². The lowest BCUT2D eigenvalue weighted by molar-refractivity contribution is -0.212. The molecule has 0 saturated carbocycles. The van der Waals surface area contributed by atoms with Crippen molar-refractivity contribution < 1.29 is 36.3 Å². The molecule has 17 heavy (non-hydrogen) atoms. The van der Waals surface area contributed by atoms with Crippen molar-refractivity contribution in [1.29, 1.82) is 0 Å². The predicted molar refractivity (Wildman–Crippen MR) is 52.7 cm³/mol. The van der Waals surface area contributed by atoms with Crippen LogP contribution in [0.1, 0.15) is 13.8 Å². The quantitative estimate of drug-likeness (QED) is 0.551. The Balaban J connectivity index is 4.84. The zero-order valence-corrected chi connectivity index (χ0v) is 10.5. The van der Waals surface area contributed by atoms with Crippen LogP contribution < -0.4 is 0 Å². The first-order chi connectivity index (χ1) is 7.64. The molecule has 102 valence electrons. The van der Waals surface area contributed by atoms with Gasteiger partial charge in [-0.25, -0.2) is 4.79 Å². The number of rotatable bonds is 6. The third-order valence-corrected chi connectivity index (χ3v) is 2.78. The molecule has 0 aliphatic heterocycles. The highest BCUT2D eigenvalue weighted by atomic mass is 31.2. The summed E-state index contributed by atoms with van der Waals surface area (Å²) in [4.78, 5) is 11.0. The number of carbonyl (C=O) groups is 1. The number of carbonyl (C=O) groups excluding carboxylic acids is 1. The fourth-order valence-electron chi connectivity index (χ4n) is 0.911. The van der Waals surface area contributed by atoms with Crippen molar-refractivity contribution in [2.24, 2.45) is 0 Å². The molecule has 0 aromatic carbocycles. The van der Waals surface area contributed by atoms with Crippen LogP contribution in [0, 0.1) is 0 Å². The Morgan fingerprint density at radius 3 is 2.18 bits per heavy atom. The average molecular weight is 278 g/mol. The van der Waals surface area contributed by atoms with Crippen molar-refractivity contribution in [1.82, 2.24) is 0 Å². The van der Waals surface area contributed by atoms with Gasteiger partial charge in [-0.15, -0.1) is 0 Å². The van der Waals surface area contributed by atoms with Crippen molar-refractivity contribution in [2.45, 2.75) is 26.1 Å². The second-order valence-electron chi connectivity index (χ2n) is 2.97. The summed E-state index contributed by atoms with van der Waals surface area (Å²) in [6.07, 6.45) is -7.90. The summed E-state index contributed by atoms with van der Waals surface area (Å²) < 4.78 is 61.7. The molecule has 2 atom stereocenters. The Morgan fingerprint density at radius 2 is 1.82 bits per heavy atom. The summed E-state index contributed by atoms with van der Waals surface area (Å²) in [5, 5.41) is 0. The molecule has 0 saturated heterocycles. The van der Waals surface area contributed by atoms with Gasteiger partial charge >= 0.3 is 19.7 Å². The topological polar surface area (TPSA) is 61.8 Å². The lowest BCUT2D eigenvalue weighted by Crippen LogP contribution is -2.39. The maximum Gasteiger partial charge on any atom is 0.426 e. The lowest BCUT2D eigenvalue weighted by atomic mass is 10.3. The van der Waals surface area contributed by atoms with E-state index < -0.39 is 25.8 Å². The maximum atomic E-state index is 12.5. The Morgan fingerprint density at radius 1 is 1.29 bits per heavy atom. The largest absolute Gasteiger partial charge is 0.464 e. The number of alkyl halides is 3. The summed E-state index contributed by atoms with van der Waals surface area (Å²) in [6, 6.07) is 0. The van der Waals surface area contributed by atoms with Crippen molar-refractivity contribution in [3.63, 3.8) is 0 Å². The number of hydrogen-bond acceptors (Lipinski definition) is 5. The molecule has 0 heterocycles. The van der Waals surface area contributed by atoms with Gasteiger partial charge in [-0.05, 0) is 13.8 Å². The molecule has 0 spiro atoms. The fraction of sp³-hybridized carbons (Fsp3) is 0.875. The van der Waals surface area contributed by atoms with Crippen LogP contribution in [0.25, 0.3) is 0 Å². The van der Waals surface area contributed by atoms with Crippen LogP contribution in [-0.4, -0.2) is 38.1 Å². The first-order valence-electron chi connectivity index (χ1n) is 4.77. The molecule has 0 aliphatic rings. The first-order valence-corrected chi connectivity index (χ1v) is 6.76. The van der Waals surface area contributed by atoms with Crippen LogP contribution in [0.4, 0.5) is 13.2 Å². The molecule has 5 nitrogen and oxygen atoms in total. The molecule has 0 bridgehead atoms. The standard InChI is InChI=1S/C8H14F3O5P/c1-4-14-7(12)6(8(9,10)11)16-17(3,13)15-5-2/h6H,4-5H2,1-3H3/t6-,17+/m1/s1. The van der Waals surface area contributed by atoms with Gasteiger partial charge in [-0.1, -0.05) is 0 Å². The van der Waals surface area contributed by atoms with Gasteiger partial charge in [0.25, 0.3) is 6.10 Å². The van der Waals surface area contributed by atoms with Crippen molar-refractivity contribution >= 4 is 13.6 Å². The molecule has 0 rings (SSSR count). The zero-order valence-electron chi connectivity index (χ0n) is 9.61. The smallest absolute Gasteiger partial charge is 0.426 e. The Kier molecular flexibility index (Phi) is 6.15. The summed E-state index contributed by atoms with van der Waals surface area (Å²) in [5.74, 6) is -1.64. The average Bonchev–Trinajstić information content (AvgIpc) is 2.12. The van der Waals surface area contributed by atoms with Crippen LogP contribution in [0.2, 0.25) is 0 Å². The van der Waals surface area contributed by atoms with Crippen molar-refractivity contribution in [2.75, 3.05) is 19.9 Å². The third kappa shape index (κ3) is 6.05. The van der Waals surface area contributed by atoms with Crippen LogP contribution >= 0.6 is 7.60 Å². The van der Waals surface area contributed by atoms with Crippen LogP contribution in [0.3, 0.4) is 0 Å². The van der Waals surface area contributed by atoms with E-state index >= 15 is 0 Å². The predicted octanol–water partition coefficient (Wildman–Crippen LogP) is 2.36. The molecule has 0 unspecified atom stereocenters. The zero-order chi connectivity index (χ0) is 13.7. The van der Waals surface area contributed by atoms with E-state index in [0.29, 0.717) is 0 Å². The van der Waals surface area contributed by atoms with E-state index in [2.05, 4.69) is 13.8 Å². The highest BCUT2D eigenvalue weighted by Gasteiger charge is 2.50. The third-order valence-electron chi connectivity index (χ3n) is 1.46. The van der Waals surface area contributed by atoms with E-state index in [-0.39, 0.29) is 13.2 Å². The van der Waals surface area contributed by atoms with Crippen molar-refractivity contribution in [3.05, 3.63) is 0 Å². The monoisotopic (exact) mass is 278 g/mol. The van der Waals surface area contributed by atoms with E-state index in [9.17, 15) is 22.5 Å². The first kappa shape index (κ1) is 16.4. The van der Waals surface area contributed by atoms with Gasteiger partial charge in [-0.3, -0.25) is 9.09 Å². The number of hydrogen-bond donors (Lipinski definition) is 0. The van der Waals surface area contributed by atoms with Gasteiger partial charge in [0.2, 0.25) is 0 Å². The number of esters is 1. The minimum atomic E-state index is -5.00. The molecule has 9 heteroatoms. The fourth-order valence-corrected chi connectivity index (χ4v) is 2.03. The summed E-state index contributed by atoms with van der Waals surface area (Å²) >= 11 is 0. The molecule has 0 radical (unpaired) electrons. The minimum Gasteiger partial charge on any atom is -0.464 e. The van der Waals surface area contributed by atoms with Crippen LogP contribution in [0.5, 0.6) is 0 Å². The molecule has 0 aromatic rings. The Labute approximate surface area is 96.8 Å². The summed E-state index contributed by atoms with van der Waals surface area (Å²) in [6.45, 7) is 3.30. The van der Waals surface area contributed by atoms with E-state index in [1.807, 2.05) is 0 Å². The molecule has 0 amide bonds. The van der Waals surface area contributed by atoms with Crippen LogP contribution in [0.15, 0.2) is 0 Å². The lowest BCUT2D eigenvalue weighted by Gasteiger charge is -2.22. The Hall–Kier alpha value is -0.590. The highest BCUT2D eigenvalue weighted by molar-refractivity contribution is 7.53. The van der Waals surface area contributed by atoms with Gasteiger partial charge in [0.15, 0.2) is 0 Å². The van der Waals surface area contributed by atoms with Gasteiger partial charge in [0.05, 0.1) is 13.2 Å². The summed E-state index contributed by atoms with van der Waals surface area (Å²) in [7, 11) is -3.94. The van der Waals surface area contributed by atoms with E-state index in [1.54, 1.807) is 0 Å². The van der Waals surface area contributed by atoms with Gasteiger partial charge in [-0.2, -0.15) is 13.2 Å². The highest BCUT2D eigenvalue weighted by Crippen LogP contribution is 2.47. The van der Waals surface area contributed by atoms with Crippen molar-refractivity contribution in [3.8, 4) is 0 Å². The SMILES string of the molecule is CCOC(=O)[C@@H](O[P@@](C)(=O)OCC)C(F)(F)F. The summed E-state index contributed by atoms with van der Waals surface area (Å²) in [5.41, 5.74) is 0. The molecule has 0 aromatic heterocycles. The molecule has 0 N–H and O–H groups in total. The second kappa shape index (κ2) is 6.37. The molecular formula is C8H14F3O5P. The van der Waals surface area contributed by atoms with E-state index in [0.717, 1.165) is 6.66 Å². The molecule has 0 aliphatic carbocycles. The van der Waals surface area contributed by atoms with Gasteiger partial charge in [0.1, 0.15) is 0 Å². The number of halogens is 3. The van der Waals surface area contributed by atoms with E-state index in [1.165, 1.54) is 13.8 Å². The van der Waals surface area contributed by atoms with Gasteiger partial charge in [0, 0.05) is 6.66 Å². The second-order valence-corrected chi connectivity index (χ2v) is 4.98. The maximum absolute atomic E-state index is 12.5. The Bertz CT molecular complexity index is 304. The molecule has 0 fully saturated rings. The normalized spacial score (nSPS) is 17.3. The van der Waals surface area contributed by atoms with Gasteiger partial charge < -0.3 is 9.26 Å². The minimum absolute atomic E-state index is 0.0961. The molecular weight excluding hydrogens is 264 g/mol.